The van der Waals surface area contributed by atoms with Crippen molar-refractivity contribution in [3.8, 4) is 0 Å². The molecule has 0 bridgehead atoms. The number of carbonyl (C=O) groups is 1. The third-order valence-electron chi connectivity index (χ3n) is 5.13. The van der Waals surface area contributed by atoms with Crippen LogP contribution in [0.5, 0.6) is 0 Å². The maximum atomic E-state index is 13.0. The smallest absolute Gasteiger partial charge is 0.247 e. The molecule has 0 saturated carbocycles. The highest BCUT2D eigenvalue weighted by molar-refractivity contribution is 5.91. The number of amides is 1. The van der Waals surface area contributed by atoms with Gasteiger partial charge in [0.1, 0.15) is 11.6 Å². The minimum absolute atomic E-state index is 0.0368. The Morgan fingerprint density at radius 3 is 2.83 bits per heavy atom. The van der Waals surface area contributed by atoms with Crippen LogP contribution in [0.4, 0.5) is 11.6 Å². The fourth-order valence-electron chi connectivity index (χ4n) is 3.64. The van der Waals surface area contributed by atoms with Crippen LogP contribution in [-0.4, -0.2) is 42.1 Å². The van der Waals surface area contributed by atoms with Crippen LogP contribution in [0.1, 0.15) is 42.5 Å². The van der Waals surface area contributed by atoms with Gasteiger partial charge in [0.2, 0.25) is 5.91 Å². The molecule has 1 unspecified atom stereocenters. The molecule has 1 aliphatic heterocycles. The van der Waals surface area contributed by atoms with Crippen molar-refractivity contribution in [1.29, 1.82) is 0 Å². The first-order chi connectivity index (χ1) is 14.6. The van der Waals surface area contributed by atoms with E-state index in [9.17, 15) is 4.79 Å². The molecule has 8 heteroatoms. The zero-order valence-electron chi connectivity index (χ0n) is 17.2. The predicted octanol–water partition coefficient (Wildman–Crippen LogP) is 3.42. The van der Waals surface area contributed by atoms with E-state index < -0.39 is 0 Å². The molecule has 154 valence electrons. The lowest BCUT2D eigenvalue weighted by molar-refractivity contribution is -0.129. The Hall–Kier alpha value is -3.55. The number of hydrogen-bond acceptors (Lipinski definition) is 6. The number of nitrogens with one attached hydrogen (secondary N) is 1. The molecule has 3 aromatic heterocycles. The summed E-state index contributed by atoms with van der Waals surface area (Å²) in [6, 6.07) is 9.28. The molecule has 30 heavy (non-hydrogen) atoms. The van der Waals surface area contributed by atoms with Gasteiger partial charge in [0.15, 0.2) is 5.82 Å². The van der Waals surface area contributed by atoms with Crippen molar-refractivity contribution < 1.29 is 4.79 Å². The highest BCUT2D eigenvalue weighted by Gasteiger charge is 2.29. The first kappa shape index (κ1) is 19.8. The minimum Gasteiger partial charge on any atom is -0.329 e. The molecular weight excluding hydrogens is 378 g/mol. The van der Waals surface area contributed by atoms with E-state index in [1.807, 2.05) is 49.2 Å². The van der Waals surface area contributed by atoms with Crippen LogP contribution < -0.4 is 5.32 Å². The summed E-state index contributed by atoms with van der Waals surface area (Å²) >= 11 is 0. The lowest BCUT2D eigenvalue weighted by Gasteiger charge is -2.34. The monoisotopic (exact) mass is 403 g/mol. The van der Waals surface area contributed by atoms with Crippen molar-refractivity contribution in [2.75, 3.05) is 11.9 Å². The zero-order chi connectivity index (χ0) is 20.9. The third-order valence-corrected chi connectivity index (χ3v) is 5.13. The molecule has 0 aromatic carbocycles. The summed E-state index contributed by atoms with van der Waals surface area (Å²) in [5.41, 5.74) is 1.73. The summed E-state index contributed by atoms with van der Waals surface area (Å²) in [4.78, 5) is 28.5. The van der Waals surface area contributed by atoms with Crippen LogP contribution in [-0.2, 0) is 11.8 Å². The van der Waals surface area contributed by atoms with Gasteiger partial charge in [-0.2, -0.15) is 5.10 Å². The molecule has 8 nitrogen and oxygen atoms in total. The highest BCUT2D eigenvalue weighted by Crippen LogP contribution is 2.30. The molecule has 1 fully saturated rings. The van der Waals surface area contributed by atoms with Gasteiger partial charge in [-0.15, -0.1) is 0 Å². The Kier molecular flexibility index (Phi) is 5.83. The molecule has 3 aromatic rings. The topological polar surface area (TPSA) is 88.8 Å². The molecule has 4 rings (SSSR count). The summed E-state index contributed by atoms with van der Waals surface area (Å²) in [7, 11) is 1.85. The normalized spacial score (nSPS) is 16.7. The average molecular weight is 403 g/mol. The number of hydrogen-bond donors (Lipinski definition) is 1. The summed E-state index contributed by atoms with van der Waals surface area (Å²) in [6.45, 7) is 2.63. The Labute approximate surface area is 175 Å². The average Bonchev–Trinajstić information content (AvgIpc) is 3.17. The number of likely N-dealkylation sites (tertiary alicyclic amines) is 1. The minimum atomic E-state index is -0.147. The standard InChI is InChI=1S/C22H25N7O/c1-16-15-20(26-19-8-3-5-12-23-19)27-22(25-16)18-7-4-6-14-29(18)21(30)10-9-17-11-13-24-28(17)2/h3,5,8-13,15,18H,4,6-7,14H2,1-2H3,(H,23,25,26,27)/b10-9+. The van der Waals surface area contributed by atoms with E-state index >= 15 is 0 Å². The largest absolute Gasteiger partial charge is 0.329 e. The van der Waals surface area contributed by atoms with E-state index in [0.29, 0.717) is 18.2 Å². The van der Waals surface area contributed by atoms with Gasteiger partial charge in [-0.05, 0) is 50.5 Å². The number of aromatic nitrogens is 5. The number of nitrogens with zero attached hydrogens (tertiary/aromatic N) is 6. The van der Waals surface area contributed by atoms with Crippen molar-refractivity contribution in [3.63, 3.8) is 0 Å². The van der Waals surface area contributed by atoms with Crippen LogP contribution in [0, 0.1) is 6.92 Å². The van der Waals surface area contributed by atoms with Gasteiger partial charge in [0, 0.05) is 43.8 Å². The fourth-order valence-corrected chi connectivity index (χ4v) is 3.64. The number of piperidine rings is 1. The van der Waals surface area contributed by atoms with E-state index in [1.54, 1.807) is 29.2 Å². The van der Waals surface area contributed by atoms with E-state index in [1.165, 1.54) is 0 Å². The van der Waals surface area contributed by atoms with E-state index in [2.05, 4.69) is 20.4 Å². The van der Waals surface area contributed by atoms with Gasteiger partial charge in [-0.3, -0.25) is 9.48 Å². The second-order valence-electron chi connectivity index (χ2n) is 7.35. The molecular formula is C22H25N7O. The second kappa shape index (κ2) is 8.86. The van der Waals surface area contributed by atoms with Crippen LogP contribution in [0.15, 0.2) is 48.8 Å². The Balaban J connectivity index is 1.57. The van der Waals surface area contributed by atoms with Crippen LogP contribution in [0.3, 0.4) is 0 Å². The lowest BCUT2D eigenvalue weighted by atomic mass is 10.0. The van der Waals surface area contributed by atoms with E-state index in [4.69, 9.17) is 4.98 Å². The maximum absolute atomic E-state index is 13.0. The number of aryl methyl sites for hydroxylation is 2. The quantitative estimate of drug-likeness (QED) is 0.657. The zero-order valence-corrected chi connectivity index (χ0v) is 17.2. The van der Waals surface area contributed by atoms with Gasteiger partial charge >= 0.3 is 0 Å². The van der Waals surface area contributed by atoms with Gasteiger partial charge in [-0.25, -0.2) is 15.0 Å². The summed E-state index contributed by atoms with van der Waals surface area (Å²) in [5, 5.41) is 7.36. The SMILES string of the molecule is Cc1cc(Nc2ccccn2)nc(C2CCCCN2C(=O)/C=C/c2ccnn2C)n1. The molecule has 1 N–H and O–H groups in total. The van der Waals surface area contributed by atoms with Crippen molar-refractivity contribution in [1.82, 2.24) is 29.6 Å². The Morgan fingerprint density at radius 1 is 1.17 bits per heavy atom. The number of carbonyl (C=O) groups excluding carboxylic acids is 1. The predicted molar refractivity (Wildman–Crippen MR) is 115 cm³/mol. The molecule has 4 heterocycles. The first-order valence-corrected chi connectivity index (χ1v) is 10.1. The highest BCUT2D eigenvalue weighted by atomic mass is 16.2. The molecule has 0 aliphatic carbocycles. The van der Waals surface area contributed by atoms with Crippen molar-refractivity contribution in [3.05, 3.63) is 66.0 Å². The van der Waals surface area contributed by atoms with E-state index in [0.717, 1.165) is 36.5 Å². The Morgan fingerprint density at radius 2 is 2.07 bits per heavy atom. The van der Waals surface area contributed by atoms with E-state index in [-0.39, 0.29) is 11.9 Å². The van der Waals surface area contributed by atoms with Crippen LogP contribution in [0.25, 0.3) is 6.08 Å². The molecule has 0 radical (unpaired) electrons. The summed E-state index contributed by atoms with van der Waals surface area (Å²) in [6.07, 6.45) is 9.72. The van der Waals surface area contributed by atoms with Crippen molar-refractivity contribution >= 4 is 23.6 Å². The number of anilines is 2. The molecule has 1 amide bonds. The summed E-state index contributed by atoms with van der Waals surface area (Å²) in [5.74, 6) is 2.03. The van der Waals surface area contributed by atoms with Crippen LogP contribution in [0.2, 0.25) is 0 Å². The van der Waals surface area contributed by atoms with Crippen molar-refractivity contribution in [2.24, 2.45) is 7.05 Å². The van der Waals surface area contributed by atoms with Crippen LogP contribution >= 0.6 is 0 Å². The molecule has 1 atom stereocenters. The maximum Gasteiger partial charge on any atom is 0.247 e. The van der Waals surface area contributed by atoms with Gasteiger partial charge < -0.3 is 10.2 Å². The van der Waals surface area contributed by atoms with Gasteiger partial charge in [0.25, 0.3) is 0 Å². The first-order valence-electron chi connectivity index (χ1n) is 10.1. The van der Waals surface area contributed by atoms with Gasteiger partial charge in [-0.1, -0.05) is 6.07 Å². The number of pyridine rings is 1. The van der Waals surface area contributed by atoms with Crippen molar-refractivity contribution in [2.45, 2.75) is 32.2 Å². The number of rotatable bonds is 5. The Bertz CT molecular complexity index is 1040. The molecule has 1 aliphatic rings. The fraction of sp³-hybridized carbons (Fsp3) is 0.318. The second-order valence-corrected chi connectivity index (χ2v) is 7.35. The summed E-state index contributed by atoms with van der Waals surface area (Å²) < 4.78 is 1.73. The molecule has 0 spiro atoms. The molecule has 1 saturated heterocycles. The third kappa shape index (κ3) is 4.53. The van der Waals surface area contributed by atoms with Gasteiger partial charge in [0.05, 0.1) is 11.7 Å². The lowest BCUT2D eigenvalue weighted by Crippen LogP contribution is -2.38.